The first-order chi connectivity index (χ1) is 9.45. The highest BCUT2D eigenvalue weighted by atomic mass is 35.5. The van der Waals surface area contributed by atoms with Crippen molar-refractivity contribution in [2.45, 2.75) is 17.3 Å². The average Bonchev–Trinajstić information content (AvgIpc) is 2.87. The van der Waals surface area contributed by atoms with Crippen LogP contribution in [0, 0.1) is 0 Å². The molecule has 0 aliphatic carbocycles. The number of amides is 1. The first-order valence-electron chi connectivity index (χ1n) is 5.72. The maximum atomic E-state index is 12.5. The van der Waals surface area contributed by atoms with Gasteiger partial charge in [0.1, 0.15) is 0 Å². The lowest BCUT2D eigenvalue weighted by Gasteiger charge is -2.32. The van der Waals surface area contributed by atoms with Crippen LogP contribution in [0.25, 0.3) is 0 Å². The monoisotopic (exact) mass is 340 g/mol. The van der Waals surface area contributed by atoms with E-state index in [0.29, 0.717) is 6.61 Å². The number of morpholine rings is 1. The number of hydrogen-bond acceptors (Lipinski definition) is 7. The number of anilines is 1. The number of halogens is 1. The van der Waals surface area contributed by atoms with Crippen LogP contribution in [-0.4, -0.2) is 60.5 Å². The molecule has 2 rings (SSSR count). The number of alkyl halides is 1. The maximum absolute atomic E-state index is 12.5. The Labute approximate surface area is 125 Å². The van der Waals surface area contributed by atoms with Gasteiger partial charge in [-0.05, 0) is 0 Å². The van der Waals surface area contributed by atoms with Crippen molar-refractivity contribution in [3.05, 3.63) is 0 Å². The summed E-state index contributed by atoms with van der Waals surface area (Å²) < 4.78 is 31.2. The summed E-state index contributed by atoms with van der Waals surface area (Å²) in [5.41, 5.74) is 0. The zero-order valence-corrected chi connectivity index (χ0v) is 13.0. The number of nitrogens with one attached hydrogen (secondary N) is 1. The number of aromatic nitrogens is 2. The van der Waals surface area contributed by atoms with Gasteiger partial charge in [0.2, 0.25) is 15.4 Å². The Kier molecular flexibility index (Phi) is 4.91. The minimum absolute atomic E-state index is 0.136. The predicted octanol–water partition coefficient (Wildman–Crippen LogP) is 0.125. The van der Waals surface area contributed by atoms with E-state index in [1.807, 2.05) is 0 Å². The molecule has 8 nitrogen and oxygen atoms in total. The Morgan fingerprint density at radius 1 is 1.60 bits per heavy atom. The first kappa shape index (κ1) is 15.6. The van der Waals surface area contributed by atoms with Crippen LogP contribution in [0.1, 0.15) is 6.92 Å². The van der Waals surface area contributed by atoms with Crippen LogP contribution in [0.15, 0.2) is 4.34 Å². The fourth-order valence-electron chi connectivity index (χ4n) is 1.69. The largest absolute Gasteiger partial charge is 0.378 e. The van der Waals surface area contributed by atoms with Crippen LogP contribution in [-0.2, 0) is 19.6 Å². The van der Waals surface area contributed by atoms with Gasteiger partial charge in [-0.3, -0.25) is 4.79 Å². The molecule has 1 aromatic heterocycles. The fourth-order valence-corrected chi connectivity index (χ4v) is 4.69. The third-order valence-electron chi connectivity index (χ3n) is 2.57. The molecule has 0 aromatic carbocycles. The van der Waals surface area contributed by atoms with E-state index in [1.165, 1.54) is 11.2 Å². The minimum atomic E-state index is -3.78. The minimum Gasteiger partial charge on any atom is -0.378 e. The maximum Gasteiger partial charge on any atom is 0.272 e. The Bertz CT molecular complexity index is 591. The summed E-state index contributed by atoms with van der Waals surface area (Å²) in [6, 6.07) is -0.427. The number of rotatable bonds is 4. The van der Waals surface area contributed by atoms with Crippen LogP contribution >= 0.6 is 22.9 Å². The van der Waals surface area contributed by atoms with Gasteiger partial charge in [-0.15, -0.1) is 21.8 Å². The summed E-state index contributed by atoms with van der Waals surface area (Å²) in [5.74, 6) is -0.202. The molecule has 0 spiro atoms. The molecule has 0 radical (unpaired) electrons. The molecular formula is C9H13ClN4O4S2. The Morgan fingerprint density at radius 3 is 3.00 bits per heavy atom. The standard InChI is InChI=1S/C9H13ClN4O4S2/c1-6(15)11-8-12-13-9(19-8)20(16,17)14-2-3-18-5-7(14)4-10/h7H,2-5H2,1H3,(H,11,12,15). The van der Waals surface area contributed by atoms with Crippen LogP contribution in [0.4, 0.5) is 5.13 Å². The molecule has 1 saturated heterocycles. The molecule has 1 N–H and O–H groups in total. The summed E-state index contributed by atoms with van der Waals surface area (Å²) in [6.07, 6.45) is 0. The quantitative estimate of drug-likeness (QED) is 0.617. The van der Waals surface area contributed by atoms with E-state index in [0.717, 1.165) is 11.3 Å². The molecule has 1 amide bonds. The van der Waals surface area contributed by atoms with Crippen LogP contribution in [0.2, 0.25) is 0 Å². The Hall–Kier alpha value is -0.810. The van der Waals surface area contributed by atoms with E-state index < -0.39 is 16.1 Å². The van der Waals surface area contributed by atoms with E-state index in [2.05, 4.69) is 15.5 Å². The fraction of sp³-hybridized carbons (Fsp3) is 0.667. The van der Waals surface area contributed by atoms with Crippen molar-refractivity contribution < 1.29 is 17.9 Å². The van der Waals surface area contributed by atoms with Gasteiger partial charge >= 0.3 is 0 Å². The van der Waals surface area contributed by atoms with Crippen molar-refractivity contribution in [1.29, 1.82) is 0 Å². The summed E-state index contributed by atoms with van der Waals surface area (Å²) in [6.45, 7) is 2.08. The van der Waals surface area contributed by atoms with Gasteiger partial charge in [0, 0.05) is 19.3 Å². The van der Waals surface area contributed by atoms with Gasteiger partial charge in [-0.1, -0.05) is 11.3 Å². The third-order valence-corrected chi connectivity index (χ3v) is 6.06. The lowest BCUT2D eigenvalue weighted by molar-refractivity contribution is -0.114. The van der Waals surface area contributed by atoms with Crippen molar-refractivity contribution in [3.63, 3.8) is 0 Å². The lowest BCUT2D eigenvalue weighted by Crippen LogP contribution is -2.49. The predicted molar refractivity (Wildman–Crippen MR) is 73.4 cm³/mol. The van der Waals surface area contributed by atoms with Gasteiger partial charge in [-0.25, -0.2) is 8.42 Å². The second-order valence-electron chi connectivity index (χ2n) is 4.05. The van der Waals surface area contributed by atoms with Crippen molar-refractivity contribution in [2.75, 3.05) is 31.0 Å². The summed E-state index contributed by atoms with van der Waals surface area (Å²) in [7, 11) is -3.78. The van der Waals surface area contributed by atoms with Crippen molar-refractivity contribution in [1.82, 2.24) is 14.5 Å². The molecule has 112 valence electrons. The Balaban J connectivity index is 2.24. The zero-order valence-electron chi connectivity index (χ0n) is 10.6. The van der Waals surface area contributed by atoms with Crippen LogP contribution in [0.5, 0.6) is 0 Å². The molecule has 0 bridgehead atoms. The molecular weight excluding hydrogens is 328 g/mol. The summed E-state index contributed by atoms with van der Waals surface area (Å²) in [4.78, 5) is 10.9. The summed E-state index contributed by atoms with van der Waals surface area (Å²) >= 11 is 6.57. The number of carbonyl (C=O) groups excluding carboxylic acids is 1. The number of nitrogens with zero attached hydrogens (tertiary/aromatic N) is 3. The number of hydrogen-bond donors (Lipinski definition) is 1. The SMILES string of the molecule is CC(=O)Nc1nnc(S(=O)(=O)N2CCOCC2CCl)s1. The molecule has 1 unspecified atom stereocenters. The third kappa shape index (κ3) is 3.26. The van der Waals surface area contributed by atoms with Crippen molar-refractivity contribution in [3.8, 4) is 0 Å². The smallest absolute Gasteiger partial charge is 0.272 e. The molecule has 1 aromatic rings. The second kappa shape index (κ2) is 6.31. The average molecular weight is 341 g/mol. The number of sulfonamides is 1. The number of carbonyl (C=O) groups is 1. The first-order valence-corrected chi connectivity index (χ1v) is 8.51. The van der Waals surface area contributed by atoms with E-state index in [1.54, 1.807) is 0 Å². The number of ether oxygens (including phenoxy) is 1. The summed E-state index contributed by atoms with van der Waals surface area (Å²) in [5, 5.41) is 9.80. The van der Waals surface area contributed by atoms with Crippen LogP contribution in [0.3, 0.4) is 0 Å². The van der Waals surface area contributed by atoms with Crippen molar-refractivity contribution in [2.24, 2.45) is 0 Å². The molecule has 1 fully saturated rings. The lowest BCUT2D eigenvalue weighted by atomic mass is 10.3. The molecule has 1 aliphatic heterocycles. The van der Waals surface area contributed by atoms with Gasteiger partial charge in [0.15, 0.2) is 0 Å². The topological polar surface area (TPSA) is 101 Å². The zero-order chi connectivity index (χ0) is 14.8. The molecule has 11 heteroatoms. The van der Waals surface area contributed by atoms with Gasteiger partial charge in [-0.2, -0.15) is 4.31 Å². The van der Waals surface area contributed by atoms with Gasteiger partial charge in [0.25, 0.3) is 10.0 Å². The highest BCUT2D eigenvalue weighted by Gasteiger charge is 2.36. The molecule has 0 saturated carbocycles. The normalized spacial score (nSPS) is 20.8. The van der Waals surface area contributed by atoms with E-state index >= 15 is 0 Å². The Morgan fingerprint density at radius 2 is 2.35 bits per heavy atom. The molecule has 2 heterocycles. The molecule has 20 heavy (non-hydrogen) atoms. The highest BCUT2D eigenvalue weighted by molar-refractivity contribution is 7.91. The van der Waals surface area contributed by atoms with E-state index in [9.17, 15) is 13.2 Å². The van der Waals surface area contributed by atoms with E-state index in [-0.39, 0.29) is 34.4 Å². The molecule has 1 atom stereocenters. The second-order valence-corrected chi connectivity index (χ2v) is 7.40. The highest BCUT2D eigenvalue weighted by Crippen LogP contribution is 2.26. The van der Waals surface area contributed by atoms with Crippen LogP contribution < -0.4 is 5.32 Å². The van der Waals surface area contributed by atoms with Gasteiger partial charge < -0.3 is 10.1 Å². The van der Waals surface area contributed by atoms with E-state index in [4.69, 9.17) is 16.3 Å². The van der Waals surface area contributed by atoms with Crippen molar-refractivity contribution >= 4 is 44.0 Å². The molecule has 1 aliphatic rings. The van der Waals surface area contributed by atoms with Gasteiger partial charge in [0.05, 0.1) is 19.3 Å².